The predicted octanol–water partition coefficient (Wildman–Crippen LogP) is 2.00. The van der Waals surface area contributed by atoms with Crippen LogP contribution in [0.4, 0.5) is 0 Å². The zero-order chi connectivity index (χ0) is 14.6. The molecule has 0 heterocycles. The predicted molar refractivity (Wildman–Crippen MR) is 82.1 cm³/mol. The summed E-state index contributed by atoms with van der Waals surface area (Å²) < 4.78 is 6.50. The molecule has 0 aromatic heterocycles. The van der Waals surface area contributed by atoms with Crippen LogP contribution in [0.1, 0.15) is 24.8 Å². The fourth-order valence-electron chi connectivity index (χ4n) is 2.30. The highest BCUT2D eigenvalue weighted by Crippen LogP contribution is 2.31. The van der Waals surface area contributed by atoms with Crippen LogP contribution in [0.3, 0.4) is 0 Å². The topological polar surface area (TPSA) is 61.7 Å². The van der Waals surface area contributed by atoms with E-state index in [1.54, 1.807) is 0 Å². The Kier molecular flexibility index (Phi) is 5.43. The summed E-state index contributed by atoms with van der Waals surface area (Å²) in [6, 6.07) is 5.84. The van der Waals surface area contributed by atoms with Gasteiger partial charge in [-0.05, 0) is 59.8 Å². The first-order chi connectivity index (χ1) is 9.54. The molecule has 2 rings (SSSR count). The standard InChI is InChI=1S/C15H22BrNO3/c1-11-3-4-14(13(16)7-11)20-9-12(19)8-17-15(10-18)5-2-6-15/h3-4,7,12,17-19H,2,5-6,8-10H2,1H3. The number of aliphatic hydroxyl groups is 2. The number of aliphatic hydroxyl groups excluding tert-OH is 2. The lowest BCUT2D eigenvalue weighted by Gasteiger charge is -2.41. The van der Waals surface area contributed by atoms with Crippen LogP contribution in [0.25, 0.3) is 0 Å². The highest BCUT2D eigenvalue weighted by molar-refractivity contribution is 9.10. The van der Waals surface area contributed by atoms with Crippen molar-refractivity contribution in [3.63, 3.8) is 0 Å². The van der Waals surface area contributed by atoms with E-state index in [4.69, 9.17) is 4.74 Å². The molecule has 20 heavy (non-hydrogen) atoms. The smallest absolute Gasteiger partial charge is 0.133 e. The van der Waals surface area contributed by atoms with Gasteiger partial charge in [0.05, 0.1) is 11.1 Å². The molecule has 5 heteroatoms. The number of halogens is 1. The van der Waals surface area contributed by atoms with Gasteiger partial charge in [-0.3, -0.25) is 0 Å². The van der Waals surface area contributed by atoms with Crippen LogP contribution in [0.2, 0.25) is 0 Å². The molecule has 3 N–H and O–H groups in total. The van der Waals surface area contributed by atoms with Gasteiger partial charge in [0, 0.05) is 12.1 Å². The maximum atomic E-state index is 9.95. The van der Waals surface area contributed by atoms with E-state index in [9.17, 15) is 10.2 Å². The fourth-order valence-corrected chi connectivity index (χ4v) is 2.90. The Bertz CT molecular complexity index is 443. The van der Waals surface area contributed by atoms with E-state index in [1.807, 2.05) is 25.1 Å². The fraction of sp³-hybridized carbons (Fsp3) is 0.600. The van der Waals surface area contributed by atoms with Crippen molar-refractivity contribution in [2.45, 2.75) is 37.8 Å². The monoisotopic (exact) mass is 343 g/mol. The quantitative estimate of drug-likeness (QED) is 0.708. The Morgan fingerprint density at radius 2 is 2.20 bits per heavy atom. The average molecular weight is 344 g/mol. The van der Waals surface area contributed by atoms with Gasteiger partial charge < -0.3 is 20.3 Å². The molecule has 1 aromatic carbocycles. The third-order valence-electron chi connectivity index (χ3n) is 3.84. The second-order valence-electron chi connectivity index (χ2n) is 5.57. The van der Waals surface area contributed by atoms with Gasteiger partial charge in [-0.1, -0.05) is 6.07 Å². The van der Waals surface area contributed by atoms with Crippen molar-refractivity contribution in [2.24, 2.45) is 0 Å². The number of ether oxygens (including phenoxy) is 1. The van der Waals surface area contributed by atoms with E-state index in [2.05, 4.69) is 21.2 Å². The van der Waals surface area contributed by atoms with Crippen LogP contribution in [0, 0.1) is 6.92 Å². The molecule has 1 aliphatic carbocycles. The Morgan fingerprint density at radius 1 is 1.45 bits per heavy atom. The first-order valence-electron chi connectivity index (χ1n) is 6.97. The van der Waals surface area contributed by atoms with Crippen LogP contribution in [0.5, 0.6) is 5.75 Å². The van der Waals surface area contributed by atoms with Gasteiger partial charge in [0.15, 0.2) is 0 Å². The first-order valence-corrected chi connectivity index (χ1v) is 7.77. The molecule has 0 spiro atoms. The number of benzene rings is 1. The summed E-state index contributed by atoms with van der Waals surface area (Å²) in [5.41, 5.74) is 0.979. The van der Waals surface area contributed by atoms with E-state index in [0.717, 1.165) is 35.0 Å². The van der Waals surface area contributed by atoms with Crippen molar-refractivity contribution >= 4 is 15.9 Å². The van der Waals surface area contributed by atoms with Crippen LogP contribution < -0.4 is 10.1 Å². The third-order valence-corrected chi connectivity index (χ3v) is 4.46. The molecular weight excluding hydrogens is 322 g/mol. The second-order valence-corrected chi connectivity index (χ2v) is 6.43. The average Bonchev–Trinajstić information content (AvgIpc) is 2.37. The van der Waals surface area contributed by atoms with Gasteiger partial charge in [-0.25, -0.2) is 0 Å². The lowest BCUT2D eigenvalue weighted by atomic mass is 9.77. The molecule has 1 saturated carbocycles. The zero-order valence-corrected chi connectivity index (χ0v) is 13.3. The molecule has 1 aliphatic rings. The molecule has 0 amide bonds. The Labute approximate surface area is 128 Å². The van der Waals surface area contributed by atoms with Gasteiger partial charge in [0.1, 0.15) is 18.5 Å². The molecule has 0 radical (unpaired) electrons. The van der Waals surface area contributed by atoms with Crippen molar-refractivity contribution < 1.29 is 14.9 Å². The lowest BCUT2D eigenvalue weighted by Crippen LogP contribution is -2.56. The van der Waals surface area contributed by atoms with Crippen molar-refractivity contribution in [1.82, 2.24) is 5.32 Å². The maximum absolute atomic E-state index is 9.95. The van der Waals surface area contributed by atoms with Gasteiger partial charge in [-0.15, -0.1) is 0 Å². The molecule has 4 nitrogen and oxygen atoms in total. The van der Waals surface area contributed by atoms with Gasteiger partial charge in [0.2, 0.25) is 0 Å². The van der Waals surface area contributed by atoms with Gasteiger partial charge in [0.25, 0.3) is 0 Å². The lowest BCUT2D eigenvalue weighted by molar-refractivity contribution is 0.0538. The summed E-state index contributed by atoms with van der Waals surface area (Å²) in [5.74, 6) is 0.732. The first kappa shape index (κ1) is 15.8. The molecule has 1 fully saturated rings. The van der Waals surface area contributed by atoms with E-state index in [0.29, 0.717) is 6.54 Å². The Balaban J connectivity index is 1.76. The highest BCUT2D eigenvalue weighted by atomic mass is 79.9. The van der Waals surface area contributed by atoms with Gasteiger partial charge >= 0.3 is 0 Å². The molecule has 112 valence electrons. The van der Waals surface area contributed by atoms with Crippen LogP contribution in [-0.2, 0) is 0 Å². The van der Waals surface area contributed by atoms with Crippen LogP contribution >= 0.6 is 15.9 Å². The molecule has 1 aromatic rings. The van der Waals surface area contributed by atoms with Crippen molar-refractivity contribution in [3.05, 3.63) is 28.2 Å². The van der Waals surface area contributed by atoms with Crippen molar-refractivity contribution in [2.75, 3.05) is 19.8 Å². The number of hydrogen-bond acceptors (Lipinski definition) is 4. The molecule has 0 bridgehead atoms. The summed E-state index contributed by atoms with van der Waals surface area (Å²) in [4.78, 5) is 0. The number of hydrogen-bond donors (Lipinski definition) is 3. The van der Waals surface area contributed by atoms with Crippen LogP contribution in [-0.4, -0.2) is 41.6 Å². The Hall–Kier alpha value is -0.620. The van der Waals surface area contributed by atoms with E-state index >= 15 is 0 Å². The number of aryl methyl sites for hydroxylation is 1. The summed E-state index contributed by atoms with van der Waals surface area (Å²) in [6.45, 7) is 2.81. The minimum atomic E-state index is -0.591. The number of rotatable bonds is 7. The van der Waals surface area contributed by atoms with Crippen LogP contribution in [0.15, 0.2) is 22.7 Å². The summed E-state index contributed by atoms with van der Waals surface area (Å²) in [6.07, 6.45) is 2.49. The third kappa shape index (κ3) is 3.95. The zero-order valence-electron chi connectivity index (χ0n) is 11.7. The molecule has 1 atom stereocenters. The summed E-state index contributed by atoms with van der Waals surface area (Å²) in [7, 11) is 0. The van der Waals surface area contributed by atoms with E-state index in [1.165, 1.54) is 0 Å². The minimum absolute atomic E-state index is 0.129. The van der Waals surface area contributed by atoms with Crippen molar-refractivity contribution in [1.29, 1.82) is 0 Å². The second kappa shape index (κ2) is 6.89. The SMILES string of the molecule is Cc1ccc(OCC(O)CNC2(CO)CCC2)c(Br)c1. The van der Waals surface area contributed by atoms with E-state index < -0.39 is 6.10 Å². The Morgan fingerprint density at radius 3 is 2.75 bits per heavy atom. The number of β-amino-alcohol motifs (C(OH)–C–C–N with tert-alkyl or cyclic N) is 1. The van der Waals surface area contributed by atoms with Crippen molar-refractivity contribution in [3.8, 4) is 5.75 Å². The summed E-state index contributed by atoms with van der Waals surface area (Å²) in [5, 5.41) is 22.5. The molecule has 1 unspecified atom stereocenters. The van der Waals surface area contributed by atoms with Gasteiger partial charge in [-0.2, -0.15) is 0 Å². The largest absolute Gasteiger partial charge is 0.490 e. The van der Waals surface area contributed by atoms with E-state index in [-0.39, 0.29) is 18.8 Å². The molecular formula is C15H22BrNO3. The molecule has 0 saturated heterocycles. The normalized spacial score (nSPS) is 18.4. The maximum Gasteiger partial charge on any atom is 0.133 e. The number of nitrogens with one attached hydrogen (secondary N) is 1. The summed E-state index contributed by atoms with van der Waals surface area (Å²) >= 11 is 3.44. The minimum Gasteiger partial charge on any atom is -0.490 e. The highest BCUT2D eigenvalue weighted by Gasteiger charge is 2.35. The molecule has 0 aliphatic heterocycles.